The van der Waals surface area contributed by atoms with Gasteiger partial charge in [-0.25, -0.2) is 0 Å². The Balaban J connectivity index is 2.15. The molecule has 0 aromatic heterocycles. The lowest BCUT2D eigenvalue weighted by Gasteiger charge is -2.20. The molecule has 0 bridgehead atoms. The Bertz CT molecular complexity index is 835. The molecule has 0 aliphatic carbocycles. The van der Waals surface area contributed by atoms with Crippen LogP contribution in [0.3, 0.4) is 0 Å². The third-order valence-corrected chi connectivity index (χ3v) is 4.03. The molecule has 2 aromatic carbocycles. The van der Waals surface area contributed by atoms with Gasteiger partial charge < -0.3 is 10.2 Å². The Kier molecular flexibility index (Phi) is 6.07. The van der Waals surface area contributed by atoms with Gasteiger partial charge in [0.1, 0.15) is 0 Å². The topological polar surface area (TPSA) is 49.4 Å². The molecule has 0 aliphatic rings. The number of carbonyl (C=O) groups excluding carboxylic acids is 2. The van der Waals surface area contributed by atoms with E-state index in [0.29, 0.717) is 10.0 Å². The number of hydrogen-bond donors (Lipinski definition) is 1. The minimum Gasteiger partial charge on any atom is -0.377 e. The number of halogens is 4. The molecule has 2 rings (SSSR count). The Labute approximate surface area is 157 Å². The molecule has 2 aromatic rings. The molecule has 0 aliphatic heterocycles. The Morgan fingerprint density at radius 2 is 1.81 bits per heavy atom. The van der Waals surface area contributed by atoms with Crippen molar-refractivity contribution in [2.75, 3.05) is 24.3 Å². The lowest BCUT2D eigenvalue weighted by atomic mass is 10.1. The number of carbonyl (C=O) groups is 2. The highest BCUT2D eigenvalue weighted by Crippen LogP contribution is 2.37. The van der Waals surface area contributed by atoms with Crippen LogP contribution in [0.15, 0.2) is 46.9 Å². The van der Waals surface area contributed by atoms with Crippen LogP contribution in [0.1, 0.15) is 22.3 Å². The Hall–Kier alpha value is -2.35. The van der Waals surface area contributed by atoms with Crippen molar-refractivity contribution in [2.24, 2.45) is 0 Å². The van der Waals surface area contributed by atoms with Gasteiger partial charge in [0, 0.05) is 35.5 Å². The molecule has 1 amide bonds. The first-order valence-electron chi connectivity index (χ1n) is 7.55. The van der Waals surface area contributed by atoms with E-state index in [4.69, 9.17) is 0 Å². The van der Waals surface area contributed by atoms with Gasteiger partial charge >= 0.3 is 6.18 Å². The molecule has 0 spiro atoms. The Morgan fingerprint density at radius 1 is 1.12 bits per heavy atom. The van der Waals surface area contributed by atoms with E-state index in [1.165, 1.54) is 31.1 Å². The van der Waals surface area contributed by atoms with E-state index < -0.39 is 29.9 Å². The summed E-state index contributed by atoms with van der Waals surface area (Å²) >= 11 is 3.23. The fourth-order valence-electron chi connectivity index (χ4n) is 2.35. The number of benzene rings is 2. The predicted molar refractivity (Wildman–Crippen MR) is 97.5 cm³/mol. The second-order valence-corrected chi connectivity index (χ2v) is 6.70. The van der Waals surface area contributed by atoms with Crippen LogP contribution in [0.2, 0.25) is 0 Å². The zero-order valence-corrected chi connectivity index (χ0v) is 15.6. The summed E-state index contributed by atoms with van der Waals surface area (Å²) in [5.74, 6) is -1.11. The van der Waals surface area contributed by atoms with Crippen LogP contribution in [0, 0.1) is 0 Å². The van der Waals surface area contributed by atoms with Crippen LogP contribution in [0.4, 0.5) is 24.5 Å². The van der Waals surface area contributed by atoms with Gasteiger partial charge in [-0.1, -0.05) is 28.1 Å². The van der Waals surface area contributed by atoms with Gasteiger partial charge in [-0.15, -0.1) is 0 Å². The summed E-state index contributed by atoms with van der Waals surface area (Å²) in [5, 5.41) is 2.35. The number of amides is 1. The average molecular weight is 429 g/mol. The standard InChI is InChI=1S/C18H16BrF3N2O2/c1-24(2)15-7-6-13(9-14(15)18(20,21)22)23-17(26)10-16(25)11-4-3-5-12(19)8-11/h3-9H,10H2,1-2H3,(H,23,26). The largest absolute Gasteiger partial charge is 0.418 e. The van der Waals surface area contributed by atoms with Gasteiger partial charge in [0.2, 0.25) is 5.91 Å². The van der Waals surface area contributed by atoms with E-state index in [1.807, 2.05) is 0 Å². The van der Waals surface area contributed by atoms with Crippen molar-refractivity contribution in [3.8, 4) is 0 Å². The second-order valence-electron chi connectivity index (χ2n) is 5.78. The van der Waals surface area contributed by atoms with Crippen LogP contribution in [0.5, 0.6) is 0 Å². The van der Waals surface area contributed by atoms with Crippen molar-refractivity contribution in [3.05, 3.63) is 58.1 Å². The minimum absolute atomic E-state index is 0.0132. The fourth-order valence-corrected chi connectivity index (χ4v) is 2.75. The van der Waals surface area contributed by atoms with Crippen LogP contribution in [-0.2, 0) is 11.0 Å². The third kappa shape index (κ3) is 5.08. The van der Waals surface area contributed by atoms with E-state index in [0.717, 1.165) is 6.07 Å². The highest BCUT2D eigenvalue weighted by molar-refractivity contribution is 9.10. The SMILES string of the molecule is CN(C)c1ccc(NC(=O)CC(=O)c2cccc(Br)c2)cc1C(F)(F)F. The van der Waals surface area contributed by atoms with Crippen LogP contribution >= 0.6 is 15.9 Å². The van der Waals surface area contributed by atoms with Crippen molar-refractivity contribution in [3.63, 3.8) is 0 Å². The first-order chi connectivity index (χ1) is 12.1. The summed E-state index contributed by atoms with van der Waals surface area (Å²) in [6, 6.07) is 10.0. The number of nitrogens with zero attached hydrogens (tertiary/aromatic N) is 1. The summed E-state index contributed by atoms with van der Waals surface area (Å²) < 4.78 is 40.3. The molecule has 0 heterocycles. The third-order valence-electron chi connectivity index (χ3n) is 3.54. The lowest BCUT2D eigenvalue weighted by Crippen LogP contribution is -2.19. The molecular weight excluding hydrogens is 413 g/mol. The van der Waals surface area contributed by atoms with Crippen molar-refractivity contribution >= 4 is 39.0 Å². The first-order valence-corrected chi connectivity index (χ1v) is 8.34. The van der Waals surface area contributed by atoms with Gasteiger partial charge in [-0.2, -0.15) is 13.2 Å². The maximum Gasteiger partial charge on any atom is 0.418 e. The highest BCUT2D eigenvalue weighted by Gasteiger charge is 2.34. The summed E-state index contributed by atoms with van der Waals surface area (Å²) in [6.45, 7) is 0. The van der Waals surface area contributed by atoms with Crippen molar-refractivity contribution in [1.82, 2.24) is 0 Å². The number of ketones is 1. The maximum atomic E-state index is 13.2. The number of anilines is 2. The molecule has 4 nitrogen and oxygen atoms in total. The van der Waals surface area contributed by atoms with Gasteiger partial charge in [-0.05, 0) is 30.3 Å². The molecule has 26 heavy (non-hydrogen) atoms. The van der Waals surface area contributed by atoms with Crippen LogP contribution in [-0.4, -0.2) is 25.8 Å². The van der Waals surface area contributed by atoms with E-state index in [1.54, 1.807) is 24.3 Å². The predicted octanol–water partition coefficient (Wildman–Crippen LogP) is 4.75. The number of alkyl halides is 3. The number of hydrogen-bond acceptors (Lipinski definition) is 3. The molecule has 138 valence electrons. The smallest absolute Gasteiger partial charge is 0.377 e. The van der Waals surface area contributed by atoms with Gasteiger partial charge in [0.15, 0.2) is 5.78 Å². The quantitative estimate of drug-likeness (QED) is 0.552. The molecule has 0 saturated heterocycles. The fraction of sp³-hybridized carbons (Fsp3) is 0.222. The molecule has 0 saturated carbocycles. The molecule has 8 heteroatoms. The van der Waals surface area contributed by atoms with E-state index >= 15 is 0 Å². The van der Waals surface area contributed by atoms with Crippen molar-refractivity contribution < 1.29 is 22.8 Å². The number of Topliss-reactive ketones (excluding diaryl/α,β-unsaturated/α-hetero) is 1. The summed E-state index contributed by atoms with van der Waals surface area (Å²) in [7, 11) is 3.00. The minimum atomic E-state index is -4.56. The normalized spacial score (nSPS) is 11.2. The van der Waals surface area contributed by atoms with E-state index in [9.17, 15) is 22.8 Å². The van der Waals surface area contributed by atoms with Crippen LogP contribution in [0.25, 0.3) is 0 Å². The molecule has 1 N–H and O–H groups in total. The van der Waals surface area contributed by atoms with Crippen molar-refractivity contribution in [1.29, 1.82) is 0 Å². The summed E-state index contributed by atoms with van der Waals surface area (Å²) in [4.78, 5) is 25.5. The van der Waals surface area contributed by atoms with Gasteiger partial charge in [0.25, 0.3) is 0 Å². The molecule has 0 atom stereocenters. The molecular formula is C18H16BrF3N2O2. The Morgan fingerprint density at radius 3 is 2.38 bits per heavy atom. The van der Waals surface area contributed by atoms with Gasteiger partial charge in [-0.3, -0.25) is 9.59 Å². The molecule has 0 fully saturated rings. The highest BCUT2D eigenvalue weighted by atomic mass is 79.9. The van der Waals surface area contributed by atoms with Crippen LogP contribution < -0.4 is 10.2 Å². The molecule has 0 unspecified atom stereocenters. The monoisotopic (exact) mass is 428 g/mol. The first kappa shape index (κ1) is 20.0. The number of nitrogens with one attached hydrogen (secondary N) is 1. The average Bonchev–Trinajstić information content (AvgIpc) is 2.53. The van der Waals surface area contributed by atoms with E-state index in [-0.39, 0.29) is 11.4 Å². The molecule has 0 radical (unpaired) electrons. The lowest BCUT2D eigenvalue weighted by molar-refractivity contribution is -0.137. The second kappa shape index (κ2) is 7.90. The maximum absolute atomic E-state index is 13.2. The van der Waals surface area contributed by atoms with Crippen molar-refractivity contribution in [2.45, 2.75) is 12.6 Å². The zero-order valence-electron chi connectivity index (χ0n) is 14.0. The summed E-state index contributed by atoms with van der Waals surface area (Å²) in [5.41, 5.74) is -0.553. The van der Waals surface area contributed by atoms with E-state index in [2.05, 4.69) is 21.2 Å². The van der Waals surface area contributed by atoms with Gasteiger partial charge in [0.05, 0.1) is 12.0 Å². The summed E-state index contributed by atoms with van der Waals surface area (Å²) in [6.07, 6.45) is -5.03. The number of rotatable bonds is 5. The zero-order chi connectivity index (χ0) is 19.5.